The molecule has 0 atom stereocenters. The summed E-state index contributed by atoms with van der Waals surface area (Å²) < 4.78 is 10.8. The molecule has 3 aromatic rings. The fourth-order valence-corrected chi connectivity index (χ4v) is 3.22. The molecule has 0 aliphatic carbocycles. The van der Waals surface area contributed by atoms with Crippen LogP contribution in [0.25, 0.3) is 17.0 Å². The maximum atomic E-state index is 5.45. The minimum absolute atomic E-state index is 0.565. The third-order valence-electron chi connectivity index (χ3n) is 4.61. The summed E-state index contributed by atoms with van der Waals surface area (Å²) in [5.74, 6) is 1.94. The lowest BCUT2D eigenvalue weighted by molar-refractivity contribution is 0.245. The summed E-state index contributed by atoms with van der Waals surface area (Å²) in [6.45, 7) is 2.52. The van der Waals surface area contributed by atoms with E-state index in [0.717, 1.165) is 30.8 Å². The molecular formula is C21H21N3O2. The van der Waals surface area contributed by atoms with Gasteiger partial charge in [-0.3, -0.25) is 4.90 Å². The fraction of sp³-hybridized carbons (Fsp3) is 0.238. The van der Waals surface area contributed by atoms with E-state index in [4.69, 9.17) is 9.26 Å². The standard InChI is InChI=1S/C21H21N3O2/c1-25-19-10-6-5-9-18(19)21-22-20(26-23-21)15-24-13-11-17(12-14-24)16-7-3-2-4-8-16/h2-11H,12-15H2,1H3. The van der Waals surface area contributed by atoms with Gasteiger partial charge >= 0.3 is 0 Å². The summed E-state index contributed by atoms with van der Waals surface area (Å²) >= 11 is 0. The van der Waals surface area contributed by atoms with Crippen LogP contribution in [0.5, 0.6) is 5.75 Å². The molecule has 4 rings (SSSR count). The van der Waals surface area contributed by atoms with Crippen molar-refractivity contribution in [3.63, 3.8) is 0 Å². The monoisotopic (exact) mass is 347 g/mol. The van der Waals surface area contributed by atoms with E-state index in [0.29, 0.717) is 18.3 Å². The van der Waals surface area contributed by atoms with Crippen LogP contribution in [-0.4, -0.2) is 35.2 Å². The second-order valence-corrected chi connectivity index (χ2v) is 6.29. The highest BCUT2D eigenvalue weighted by Gasteiger charge is 2.17. The molecule has 0 unspecified atom stereocenters. The Morgan fingerprint density at radius 3 is 2.65 bits per heavy atom. The van der Waals surface area contributed by atoms with Crippen molar-refractivity contribution < 1.29 is 9.26 Å². The Labute approximate surface area is 152 Å². The van der Waals surface area contributed by atoms with Gasteiger partial charge in [0.15, 0.2) is 0 Å². The lowest BCUT2D eigenvalue weighted by Gasteiger charge is -2.24. The van der Waals surface area contributed by atoms with Crippen LogP contribution in [0.1, 0.15) is 17.9 Å². The van der Waals surface area contributed by atoms with Crippen LogP contribution >= 0.6 is 0 Å². The Balaban J connectivity index is 1.43. The van der Waals surface area contributed by atoms with Gasteiger partial charge < -0.3 is 9.26 Å². The first-order chi connectivity index (χ1) is 12.8. The van der Waals surface area contributed by atoms with Crippen molar-refractivity contribution in [2.24, 2.45) is 0 Å². The Bertz CT molecular complexity index is 902. The highest BCUT2D eigenvalue weighted by atomic mass is 16.5. The van der Waals surface area contributed by atoms with Crippen molar-refractivity contribution in [2.75, 3.05) is 20.2 Å². The van der Waals surface area contributed by atoms with Gasteiger partial charge in [-0.2, -0.15) is 4.98 Å². The van der Waals surface area contributed by atoms with Crippen LogP contribution in [0.15, 0.2) is 65.2 Å². The van der Waals surface area contributed by atoms with E-state index < -0.39 is 0 Å². The highest BCUT2D eigenvalue weighted by Crippen LogP contribution is 2.28. The first kappa shape index (κ1) is 16.5. The number of hydrogen-bond donors (Lipinski definition) is 0. The average Bonchev–Trinajstić information content (AvgIpc) is 3.17. The second kappa shape index (κ2) is 7.54. The minimum atomic E-state index is 0.565. The molecule has 5 nitrogen and oxygen atoms in total. The first-order valence-electron chi connectivity index (χ1n) is 8.76. The molecule has 26 heavy (non-hydrogen) atoms. The summed E-state index contributed by atoms with van der Waals surface area (Å²) in [6, 6.07) is 18.2. The average molecular weight is 347 g/mol. The van der Waals surface area contributed by atoms with E-state index >= 15 is 0 Å². The maximum absolute atomic E-state index is 5.45. The third kappa shape index (κ3) is 3.53. The summed E-state index contributed by atoms with van der Waals surface area (Å²) in [5.41, 5.74) is 3.56. The summed E-state index contributed by atoms with van der Waals surface area (Å²) in [7, 11) is 1.64. The molecule has 1 aliphatic heterocycles. The zero-order chi connectivity index (χ0) is 17.8. The van der Waals surface area contributed by atoms with Crippen LogP contribution in [0.2, 0.25) is 0 Å². The highest BCUT2D eigenvalue weighted by molar-refractivity contribution is 5.66. The molecule has 0 saturated heterocycles. The molecule has 132 valence electrons. The summed E-state index contributed by atoms with van der Waals surface area (Å²) in [4.78, 5) is 6.85. The molecule has 0 radical (unpaired) electrons. The lowest BCUT2D eigenvalue weighted by atomic mass is 10.00. The molecule has 0 saturated carbocycles. The van der Waals surface area contributed by atoms with Gasteiger partial charge in [0.2, 0.25) is 11.7 Å². The maximum Gasteiger partial charge on any atom is 0.241 e. The van der Waals surface area contributed by atoms with Crippen LogP contribution in [0.3, 0.4) is 0 Å². The molecule has 2 heterocycles. The fourth-order valence-electron chi connectivity index (χ4n) is 3.22. The third-order valence-corrected chi connectivity index (χ3v) is 4.61. The minimum Gasteiger partial charge on any atom is -0.496 e. The van der Waals surface area contributed by atoms with Gasteiger partial charge in [0.25, 0.3) is 0 Å². The Morgan fingerprint density at radius 2 is 1.88 bits per heavy atom. The van der Waals surface area contributed by atoms with Crippen molar-refractivity contribution in [3.05, 3.63) is 72.1 Å². The van der Waals surface area contributed by atoms with Crippen molar-refractivity contribution in [1.29, 1.82) is 0 Å². The zero-order valence-electron chi connectivity index (χ0n) is 14.8. The largest absolute Gasteiger partial charge is 0.496 e. The van der Waals surface area contributed by atoms with Crippen LogP contribution in [0, 0.1) is 0 Å². The first-order valence-corrected chi connectivity index (χ1v) is 8.76. The number of para-hydroxylation sites is 1. The van der Waals surface area contributed by atoms with Gasteiger partial charge in [-0.05, 0) is 29.7 Å². The van der Waals surface area contributed by atoms with Gasteiger partial charge in [0.1, 0.15) is 5.75 Å². The topological polar surface area (TPSA) is 51.4 Å². The van der Waals surface area contributed by atoms with Crippen molar-refractivity contribution >= 4 is 5.57 Å². The van der Waals surface area contributed by atoms with Gasteiger partial charge in [0, 0.05) is 13.1 Å². The van der Waals surface area contributed by atoms with E-state index in [1.165, 1.54) is 11.1 Å². The molecule has 1 aliphatic rings. The van der Waals surface area contributed by atoms with Crippen LogP contribution < -0.4 is 4.74 Å². The SMILES string of the molecule is COc1ccccc1-c1noc(CN2CC=C(c3ccccc3)CC2)n1. The number of methoxy groups -OCH3 is 1. The smallest absolute Gasteiger partial charge is 0.241 e. The second-order valence-electron chi connectivity index (χ2n) is 6.29. The number of nitrogens with zero attached hydrogens (tertiary/aromatic N) is 3. The predicted molar refractivity (Wildman–Crippen MR) is 101 cm³/mol. The summed E-state index contributed by atoms with van der Waals surface area (Å²) in [5, 5.41) is 4.11. The van der Waals surface area contributed by atoms with E-state index in [-0.39, 0.29) is 0 Å². The molecule has 1 aromatic heterocycles. The Morgan fingerprint density at radius 1 is 1.08 bits per heavy atom. The number of ether oxygens (including phenoxy) is 1. The van der Waals surface area contributed by atoms with Gasteiger partial charge in [-0.15, -0.1) is 0 Å². The molecule has 5 heteroatoms. The Kier molecular flexibility index (Phi) is 4.80. The van der Waals surface area contributed by atoms with Gasteiger partial charge in [-0.1, -0.05) is 53.7 Å². The molecule has 2 aromatic carbocycles. The van der Waals surface area contributed by atoms with E-state index in [1.54, 1.807) is 7.11 Å². The number of aromatic nitrogens is 2. The molecule has 0 spiro atoms. The number of rotatable bonds is 5. The van der Waals surface area contributed by atoms with Crippen LogP contribution in [-0.2, 0) is 6.54 Å². The zero-order valence-corrected chi connectivity index (χ0v) is 14.8. The number of benzene rings is 2. The molecule has 0 amide bonds. The summed E-state index contributed by atoms with van der Waals surface area (Å²) in [6.07, 6.45) is 3.31. The van der Waals surface area contributed by atoms with E-state index in [1.807, 2.05) is 30.3 Å². The van der Waals surface area contributed by atoms with E-state index in [2.05, 4.69) is 45.4 Å². The van der Waals surface area contributed by atoms with Gasteiger partial charge in [0.05, 0.1) is 19.2 Å². The van der Waals surface area contributed by atoms with Crippen molar-refractivity contribution in [2.45, 2.75) is 13.0 Å². The Hall–Kier alpha value is -2.92. The normalized spacial score (nSPS) is 14.9. The van der Waals surface area contributed by atoms with Crippen molar-refractivity contribution in [1.82, 2.24) is 15.0 Å². The molecule has 0 N–H and O–H groups in total. The molecular weight excluding hydrogens is 326 g/mol. The molecule has 0 bridgehead atoms. The lowest BCUT2D eigenvalue weighted by Crippen LogP contribution is -2.28. The van der Waals surface area contributed by atoms with Crippen LogP contribution in [0.4, 0.5) is 0 Å². The number of hydrogen-bond acceptors (Lipinski definition) is 5. The predicted octanol–water partition coefficient (Wildman–Crippen LogP) is 4.03. The van der Waals surface area contributed by atoms with Gasteiger partial charge in [-0.25, -0.2) is 0 Å². The van der Waals surface area contributed by atoms with Crippen molar-refractivity contribution in [3.8, 4) is 17.1 Å². The quantitative estimate of drug-likeness (QED) is 0.697. The molecule has 0 fully saturated rings. The van der Waals surface area contributed by atoms with E-state index in [9.17, 15) is 0 Å².